The standard InChI is InChI=1S/C20H24ClNOS/c1-14-6-7-15(2)19(13-14)16(3)22-20(23)5-4-12-24-18-10-8-17(21)9-11-18/h6-11,13,16H,4-5,12H2,1-3H3,(H,22,23). The Kier molecular flexibility index (Phi) is 7.19. The van der Waals surface area contributed by atoms with Crippen molar-refractivity contribution in [1.82, 2.24) is 5.32 Å². The van der Waals surface area contributed by atoms with Crippen LogP contribution in [0.4, 0.5) is 0 Å². The SMILES string of the molecule is Cc1ccc(C)c(C(C)NC(=O)CCCSc2ccc(Cl)cc2)c1. The summed E-state index contributed by atoms with van der Waals surface area (Å²) in [6, 6.07) is 14.2. The molecule has 2 aromatic rings. The summed E-state index contributed by atoms with van der Waals surface area (Å²) in [5.74, 6) is 1.03. The lowest BCUT2D eigenvalue weighted by atomic mass is 10.00. The Labute approximate surface area is 154 Å². The van der Waals surface area contributed by atoms with E-state index in [2.05, 4.69) is 37.4 Å². The third-order valence-corrected chi connectivity index (χ3v) is 5.26. The molecule has 0 saturated heterocycles. The van der Waals surface area contributed by atoms with Crippen molar-refractivity contribution in [3.8, 4) is 0 Å². The molecular formula is C20H24ClNOS. The maximum Gasteiger partial charge on any atom is 0.220 e. The zero-order chi connectivity index (χ0) is 17.5. The first-order valence-electron chi connectivity index (χ1n) is 8.20. The summed E-state index contributed by atoms with van der Waals surface area (Å²) < 4.78 is 0. The number of carbonyl (C=O) groups is 1. The number of aryl methyl sites for hydroxylation is 2. The van der Waals surface area contributed by atoms with Gasteiger partial charge in [-0.25, -0.2) is 0 Å². The zero-order valence-corrected chi connectivity index (χ0v) is 16.0. The van der Waals surface area contributed by atoms with Gasteiger partial charge in [0.05, 0.1) is 6.04 Å². The predicted octanol–water partition coefficient (Wildman–Crippen LogP) is 5.71. The van der Waals surface area contributed by atoms with Gasteiger partial charge in [0.1, 0.15) is 0 Å². The molecule has 1 amide bonds. The number of halogens is 1. The highest BCUT2D eigenvalue weighted by Crippen LogP contribution is 2.22. The maximum absolute atomic E-state index is 12.1. The highest BCUT2D eigenvalue weighted by Gasteiger charge is 2.11. The molecule has 0 spiro atoms. The molecule has 0 heterocycles. The van der Waals surface area contributed by atoms with Crippen LogP contribution >= 0.6 is 23.4 Å². The van der Waals surface area contributed by atoms with Gasteiger partial charge in [-0.15, -0.1) is 11.8 Å². The second-order valence-electron chi connectivity index (χ2n) is 6.06. The molecule has 128 valence electrons. The van der Waals surface area contributed by atoms with Crippen molar-refractivity contribution in [1.29, 1.82) is 0 Å². The number of amides is 1. The monoisotopic (exact) mass is 361 g/mol. The van der Waals surface area contributed by atoms with Gasteiger partial charge in [0.15, 0.2) is 0 Å². The van der Waals surface area contributed by atoms with Gasteiger partial charge in [-0.05, 0) is 68.3 Å². The Hall–Kier alpha value is -1.45. The Bertz CT molecular complexity index is 685. The number of hydrogen-bond acceptors (Lipinski definition) is 2. The fourth-order valence-corrected chi connectivity index (χ4v) is 3.55. The van der Waals surface area contributed by atoms with E-state index in [1.54, 1.807) is 11.8 Å². The number of rotatable bonds is 7. The van der Waals surface area contributed by atoms with E-state index in [-0.39, 0.29) is 11.9 Å². The molecule has 0 aliphatic carbocycles. The van der Waals surface area contributed by atoms with Crippen molar-refractivity contribution in [3.63, 3.8) is 0 Å². The summed E-state index contributed by atoms with van der Waals surface area (Å²) in [5, 5.41) is 3.85. The van der Waals surface area contributed by atoms with E-state index in [9.17, 15) is 4.79 Å². The van der Waals surface area contributed by atoms with Gasteiger partial charge >= 0.3 is 0 Å². The molecule has 24 heavy (non-hydrogen) atoms. The van der Waals surface area contributed by atoms with E-state index in [4.69, 9.17) is 11.6 Å². The van der Waals surface area contributed by atoms with E-state index in [1.165, 1.54) is 21.6 Å². The summed E-state index contributed by atoms with van der Waals surface area (Å²) in [4.78, 5) is 13.3. The Morgan fingerprint density at radius 3 is 2.58 bits per heavy atom. The van der Waals surface area contributed by atoms with Crippen molar-refractivity contribution < 1.29 is 4.79 Å². The van der Waals surface area contributed by atoms with Crippen LogP contribution in [0.15, 0.2) is 47.4 Å². The third-order valence-electron chi connectivity index (χ3n) is 3.91. The lowest BCUT2D eigenvalue weighted by Crippen LogP contribution is -2.27. The molecule has 0 aliphatic heterocycles. The van der Waals surface area contributed by atoms with Crippen LogP contribution in [0.5, 0.6) is 0 Å². The maximum atomic E-state index is 12.1. The van der Waals surface area contributed by atoms with Gasteiger partial charge in [0, 0.05) is 16.3 Å². The Balaban J connectivity index is 1.74. The van der Waals surface area contributed by atoms with Crippen LogP contribution in [0, 0.1) is 13.8 Å². The van der Waals surface area contributed by atoms with Crippen molar-refractivity contribution in [2.24, 2.45) is 0 Å². The predicted molar refractivity (Wildman–Crippen MR) is 104 cm³/mol. The molecule has 0 aromatic heterocycles. The number of hydrogen-bond donors (Lipinski definition) is 1. The molecule has 1 unspecified atom stereocenters. The fourth-order valence-electron chi connectivity index (χ4n) is 2.57. The lowest BCUT2D eigenvalue weighted by Gasteiger charge is -2.17. The normalized spacial score (nSPS) is 12.0. The van der Waals surface area contributed by atoms with E-state index < -0.39 is 0 Å². The molecule has 0 saturated carbocycles. The van der Waals surface area contributed by atoms with E-state index in [0.29, 0.717) is 6.42 Å². The van der Waals surface area contributed by atoms with Crippen LogP contribution < -0.4 is 5.32 Å². The minimum atomic E-state index is 0.0429. The largest absolute Gasteiger partial charge is 0.350 e. The topological polar surface area (TPSA) is 29.1 Å². The Morgan fingerprint density at radius 2 is 1.88 bits per heavy atom. The highest BCUT2D eigenvalue weighted by atomic mass is 35.5. The second-order valence-corrected chi connectivity index (χ2v) is 7.66. The fraction of sp³-hybridized carbons (Fsp3) is 0.350. The van der Waals surface area contributed by atoms with Crippen molar-refractivity contribution in [2.75, 3.05) is 5.75 Å². The van der Waals surface area contributed by atoms with Crippen LogP contribution in [-0.4, -0.2) is 11.7 Å². The summed E-state index contributed by atoms with van der Waals surface area (Å²) in [6.45, 7) is 6.20. The van der Waals surface area contributed by atoms with Gasteiger partial charge in [-0.2, -0.15) is 0 Å². The molecule has 2 aromatic carbocycles. The van der Waals surface area contributed by atoms with Gasteiger partial charge in [-0.1, -0.05) is 35.4 Å². The van der Waals surface area contributed by atoms with Crippen LogP contribution in [0.3, 0.4) is 0 Å². The average molecular weight is 362 g/mol. The zero-order valence-electron chi connectivity index (χ0n) is 14.4. The molecule has 2 nitrogen and oxygen atoms in total. The number of thioether (sulfide) groups is 1. The summed E-state index contributed by atoms with van der Waals surface area (Å²) in [6.07, 6.45) is 1.41. The quantitative estimate of drug-likeness (QED) is 0.505. The van der Waals surface area contributed by atoms with Crippen molar-refractivity contribution >= 4 is 29.3 Å². The highest BCUT2D eigenvalue weighted by molar-refractivity contribution is 7.99. The minimum absolute atomic E-state index is 0.0429. The molecule has 4 heteroatoms. The van der Waals surface area contributed by atoms with E-state index in [0.717, 1.165) is 17.2 Å². The first kappa shape index (κ1) is 18.9. The van der Waals surface area contributed by atoms with Crippen molar-refractivity contribution in [2.45, 2.75) is 44.6 Å². The van der Waals surface area contributed by atoms with Gasteiger partial charge in [0.25, 0.3) is 0 Å². The first-order valence-corrected chi connectivity index (χ1v) is 9.57. The molecule has 0 bridgehead atoms. The van der Waals surface area contributed by atoms with Crippen LogP contribution in [0.1, 0.15) is 42.5 Å². The molecule has 0 radical (unpaired) electrons. The number of nitrogens with one attached hydrogen (secondary N) is 1. The van der Waals surface area contributed by atoms with Crippen LogP contribution in [0.25, 0.3) is 0 Å². The average Bonchev–Trinajstić information content (AvgIpc) is 2.55. The molecule has 0 aliphatic rings. The molecular weight excluding hydrogens is 338 g/mol. The van der Waals surface area contributed by atoms with Crippen LogP contribution in [-0.2, 0) is 4.79 Å². The minimum Gasteiger partial charge on any atom is -0.350 e. The van der Waals surface area contributed by atoms with Crippen molar-refractivity contribution in [3.05, 3.63) is 64.2 Å². The molecule has 1 N–H and O–H groups in total. The van der Waals surface area contributed by atoms with Gasteiger partial charge in [0.2, 0.25) is 5.91 Å². The number of benzene rings is 2. The molecule has 0 fully saturated rings. The second kappa shape index (κ2) is 9.14. The summed E-state index contributed by atoms with van der Waals surface area (Å²) >= 11 is 7.62. The Morgan fingerprint density at radius 1 is 1.17 bits per heavy atom. The summed E-state index contributed by atoms with van der Waals surface area (Å²) in [5.41, 5.74) is 3.63. The van der Waals surface area contributed by atoms with E-state index in [1.807, 2.05) is 31.2 Å². The summed E-state index contributed by atoms with van der Waals surface area (Å²) in [7, 11) is 0. The third kappa shape index (κ3) is 5.88. The number of carbonyl (C=O) groups excluding carboxylic acids is 1. The lowest BCUT2D eigenvalue weighted by molar-refractivity contribution is -0.121. The first-order chi connectivity index (χ1) is 11.5. The van der Waals surface area contributed by atoms with Gasteiger partial charge in [-0.3, -0.25) is 4.79 Å². The van der Waals surface area contributed by atoms with Crippen LogP contribution in [0.2, 0.25) is 5.02 Å². The van der Waals surface area contributed by atoms with E-state index >= 15 is 0 Å². The van der Waals surface area contributed by atoms with Gasteiger partial charge < -0.3 is 5.32 Å². The smallest absolute Gasteiger partial charge is 0.220 e. The molecule has 1 atom stereocenters. The molecule has 2 rings (SSSR count).